The van der Waals surface area contributed by atoms with Gasteiger partial charge < -0.3 is 14.6 Å². The molecule has 2 unspecified atom stereocenters. The first-order valence-electron chi connectivity index (χ1n) is 5.05. The number of methoxy groups -OCH3 is 2. The summed E-state index contributed by atoms with van der Waals surface area (Å²) in [7, 11) is 3.16. The van der Waals surface area contributed by atoms with Crippen LogP contribution in [0.15, 0.2) is 24.0 Å². The molecule has 0 radical (unpaired) electrons. The van der Waals surface area contributed by atoms with E-state index in [0.717, 1.165) is 0 Å². The number of hydrogen-bond donors (Lipinski definition) is 1. The highest BCUT2D eigenvalue weighted by atomic mass is 16.5. The summed E-state index contributed by atoms with van der Waals surface area (Å²) < 4.78 is 10.7. The second-order valence-electron chi connectivity index (χ2n) is 4.78. The summed E-state index contributed by atoms with van der Waals surface area (Å²) in [5, 5.41) is 10.2. The van der Waals surface area contributed by atoms with E-state index >= 15 is 0 Å². The monoisotopic (exact) mass is 212 g/mol. The van der Waals surface area contributed by atoms with Gasteiger partial charge >= 0.3 is 0 Å². The summed E-state index contributed by atoms with van der Waals surface area (Å²) in [5.41, 5.74) is -0.942. The summed E-state index contributed by atoms with van der Waals surface area (Å²) in [6.07, 6.45) is 4.74. The summed E-state index contributed by atoms with van der Waals surface area (Å²) in [6, 6.07) is 0. The number of hydrogen-bond acceptors (Lipinski definition) is 3. The van der Waals surface area contributed by atoms with Gasteiger partial charge in [-0.3, -0.25) is 0 Å². The van der Waals surface area contributed by atoms with Crippen molar-refractivity contribution in [3.8, 4) is 0 Å². The standard InChI is InChI=1S/C12H20O3/c1-11(2,3)12(15-5)8-6-7-9(14-4)10(12)13/h6-8,10,13H,1-5H3. The molecule has 1 rings (SSSR count). The third-order valence-electron chi connectivity index (χ3n) is 3.03. The molecule has 0 aliphatic heterocycles. The van der Waals surface area contributed by atoms with Crippen molar-refractivity contribution in [3.05, 3.63) is 24.0 Å². The Bertz CT molecular complexity index is 286. The van der Waals surface area contributed by atoms with Crippen LogP contribution in [0.4, 0.5) is 0 Å². The van der Waals surface area contributed by atoms with E-state index in [9.17, 15) is 5.11 Å². The van der Waals surface area contributed by atoms with Crippen molar-refractivity contribution in [1.29, 1.82) is 0 Å². The molecule has 0 aromatic heterocycles. The van der Waals surface area contributed by atoms with Crippen LogP contribution in [0, 0.1) is 5.41 Å². The largest absolute Gasteiger partial charge is 0.498 e. The zero-order valence-corrected chi connectivity index (χ0v) is 10.1. The lowest BCUT2D eigenvalue weighted by atomic mass is 9.70. The van der Waals surface area contributed by atoms with Gasteiger partial charge in [-0.2, -0.15) is 0 Å². The van der Waals surface area contributed by atoms with Gasteiger partial charge in [0.25, 0.3) is 0 Å². The molecular formula is C12H20O3. The molecule has 1 aliphatic carbocycles. The van der Waals surface area contributed by atoms with Crippen molar-refractivity contribution < 1.29 is 14.6 Å². The predicted molar refractivity (Wildman–Crippen MR) is 59.4 cm³/mol. The summed E-state index contributed by atoms with van der Waals surface area (Å²) in [6.45, 7) is 6.09. The molecule has 86 valence electrons. The Kier molecular flexibility index (Phi) is 3.26. The maximum atomic E-state index is 10.2. The molecule has 1 N–H and O–H groups in total. The van der Waals surface area contributed by atoms with E-state index in [2.05, 4.69) is 0 Å². The predicted octanol–water partition coefficient (Wildman–Crippen LogP) is 1.88. The van der Waals surface area contributed by atoms with Crippen molar-refractivity contribution >= 4 is 0 Å². The summed E-state index contributed by atoms with van der Waals surface area (Å²) >= 11 is 0. The number of ether oxygens (including phenoxy) is 2. The van der Waals surface area contributed by atoms with Crippen LogP contribution < -0.4 is 0 Å². The normalized spacial score (nSPS) is 31.3. The van der Waals surface area contributed by atoms with Crippen molar-refractivity contribution in [1.82, 2.24) is 0 Å². The van der Waals surface area contributed by atoms with Crippen LogP contribution in [-0.4, -0.2) is 31.0 Å². The van der Waals surface area contributed by atoms with Gasteiger partial charge in [0.15, 0.2) is 0 Å². The van der Waals surface area contributed by atoms with Gasteiger partial charge in [0.2, 0.25) is 0 Å². The van der Waals surface area contributed by atoms with Gasteiger partial charge in [-0.05, 0) is 17.6 Å². The molecule has 0 amide bonds. The molecule has 0 spiro atoms. The minimum absolute atomic E-state index is 0.213. The average Bonchev–Trinajstić information content (AvgIpc) is 2.16. The first-order valence-corrected chi connectivity index (χ1v) is 5.05. The molecule has 3 heteroatoms. The van der Waals surface area contributed by atoms with Crippen LogP contribution >= 0.6 is 0 Å². The molecule has 2 atom stereocenters. The Morgan fingerprint density at radius 1 is 1.33 bits per heavy atom. The van der Waals surface area contributed by atoms with E-state index in [1.54, 1.807) is 20.3 Å². The van der Waals surface area contributed by atoms with E-state index in [4.69, 9.17) is 9.47 Å². The number of aliphatic hydroxyl groups excluding tert-OH is 1. The van der Waals surface area contributed by atoms with E-state index in [0.29, 0.717) is 5.76 Å². The SMILES string of the molecule is COC1=CC=CC(OC)(C(C)(C)C)C1O. The maximum Gasteiger partial charge on any atom is 0.144 e. The van der Waals surface area contributed by atoms with Crippen LogP contribution in [0.3, 0.4) is 0 Å². The lowest BCUT2D eigenvalue weighted by molar-refractivity contribution is -0.131. The lowest BCUT2D eigenvalue weighted by Gasteiger charge is -2.46. The van der Waals surface area contributed by atoms with E-state index < -0.39 is 11.7 Å². The third-order valence-corrected chi connectivity index (χ3v) is 3.03. The molecule has 0 fully saturated rings. The lowest BCUT2D eigenvalue weighted by Crippen LogP contribution is -2.54. The second kappa shape index (κ2) is 3.99. The molecule has 0 heterocycles. The highest BCUT2D eigenvalue weighted by Gasteiger charge is 2.49. The Morgan fingerprint density at radius 3 is 2.33 bits per heavy atom. The van der Waals surface area contributed by atoms with Gasteiger partial charge in [-0.25, -0.2) is 0 Å². The molecule has 15 heavy (non-hydrogen) atoms. The van der Waals surface area contributed by atoms with Gasteiger partial charge in [0, 0.05) is 7.11 Å². The quantitative estimate of drug-likeness (QED) is 0.759. The highest BCUT2D eigenvalue weighted by molar-refractivity contribution is 5.29. The van der Waals surface area contributed by atoms with E-state index in [1.807, 2.05) is 32.9 Å². The fourth-order valence-corrected chi connectivity index (χ4v) is 2.01. The molecule has 0 aromatic carbocycles. The smallest absolute Gasteiger partial charge is 0.144 e. The minimum Gasteiger partial charge on any atom is -0.498 e. The molecule has 3 nitrogen and oxygen atoms in total. The van der Waals surface area contributed by atoms with Gasteiger partial charge in [-0.1, -0.05) is 26.8 Å². The van der Waals surface area contributed by atoms with Crippen molar-refractivity contribution in [3.63, 3.8) is 0 Å². The van der Waals surface area contributed by atoms with Crippen molar-refractivity contribution in [2.45, 2.75) is 32.5 Å². The van der Waals surface area contributed by atoms with Gasteiger partial charge in [0.05, 0.1) is 7.11 Å². The van der Waals surface area contributed by atoms with Crippen LogP contribution in [0.5, 0.6) is 0 Å². The number of rotatable bonds is 2. The zero-order valence-electron chi connectivity index (χ0n) is 10.1. The Morgan fingerprint density at radius 2 is 1.93 bits per heavy atom. The first-order chi connectivity index (χ1) is 6.89. The first kappa shape index (κ1) is 12.3. The zero-order chi connectivity index (χ0) is 11.7. The molecule has 0 saturated carbocycles. The van der Waals surface area contributed by atoms with Crippen molar-refractivity contribution in [2.24, 2.45) is 5.41 Å². The van der Waals surface area contributed by atoms with Crippen LogP contribution in [0.2, 0.25) is 0 Å². The molecule has 0 bridgehead atoms. The molecular weight excluding hydrogens is 192 g/mol. The molecule has 1 aliphatic rings. The fraction of sp³-hybridized carbons (Fsp3) is 0.667. The number of allylic oxidation sites excluding steroid dienone is 2. The van der Waals surface area contributed by atoms with Gasteiger partial charge in [-0.15, -0.1) is 0 Å². The average molecular weight is 212 g/mol. The van der Waals surface area contributed by atoms with Crippen LogP contribution in [-0.2, 0) is 9.47 Å². The summed E-state index contributed by atoms with van der Waals surface area (Å²) in [4.78, 5) is 0. The topological polar surface area (TPSA) is 38.7 Å². The van der Waals surface area contributed by atoms with Crippen molar-refractivity contribution in [2.75, 3.05) is 14.2 Å². The van der Waals surface area contributed by atoms with Crippen LogP contribution in [0.25, 0.3) is 0 Å². The Balaban J connectivity index is 3.14. The maximum absolute atomic E-state index is 10.2. The number of aliphatic hydroxyl groups is 1. The Hall–Kier alpha value is -0.800. The molecule has 0 aromatic rings. The van der Waals surface area contributed by atoms with E-state index in [1.165, 1.54) is 0 Å². The Labute approximate surface area is 91.4 Å². The second-order valence-corrected chi connectivity index (χ2v) is 4.78. The van der Waals surface area contributed by atoms with Crippen LogP contribution in [0.1, 0.15) is 20.8 Å². The molecule has 0 saturated heterocycles. The van der Waals surface area contributed by atoms with Gasteiger partial charge in [0.1, 0.15) is 17.5 Å². The van der Waals surface area contributed by atoms with E-state index in [-0.39, 0.29) is 5.41 Å². The minimum atomic E-state index is -0.766. The third kappa shape index (κ3) is 1.82. The fourth-order valence-electron chi connectivity index (χ4n) is 2.01. The summed E-state index contributed by atoms with van der Waals surface area (Å²) in [5.74, 6) is 0.536. The highest BCUT2D eigenvalue weighted by Crippen LogP contribution is 2.41.